The molecular formula is C25H38N4O4. The van der Waals surface area contributed by atoms with E-state index in [1.807, 2.05) is 51.9 Å². The summed E-state index contributed by atoms with van der Waals surface area (Å²) >= 11 is 0. The molecule has 0 spiro atoms. The lowest BCUT2D eigenvalue weighted by Gasteiger charge is -2.66. The summed E-state index contributed by atoms with van der Waals surface area (Å²) < 4.78 is 11.5. The smallest absolute Gasteiger partial charge is 0.411 e. The molecule has 1 aliphatic heterocycles. The normalized spacial score (nSPS) is 32.8. The van der Waals surface area contributed by atoms with Crippen molar-refractivity contribution in [1.29, 1.82) is 0 Å². The van der Waals surface area contributed by atoms with Crippen molar-refractivity contribution in [3.8, 4) is 0 Å². The van der Waals surface area contributed by atoms with E-state index in [4.69, 9.17) is 15.2 Å². The summed E-state index contributed by atoms with van der Waals surface area (Å²) in [7, 11) is 3.82. The van der Waals surface area contributed by atoms with Crippen LogP contribution >= 0.6 is 0 Å². The van der Waals surface area contributed by atoms with Gasteiger partial charge in [0.05, 0.1) is 12.1 Å². The Morgan fingerprint density at radius 1 is 1.24 bits per heavy atom. The summed E-state index contributed by atoms with van der Waals surface area (Å²) in [6.07, 6.45) is 4.02. The van der Waals surface area contributed by atoms with Gasteiger partial charge in [-0.3, -0.25) is 4.90 Å². The Bertz CT molecular complexity index is 908. The first-order valence-corrected chi connectivity index (χ1v) is 11.9. The number of nitrogens with zero attached hydrogens (tertiary/aromatic N) is 3. The fourth-order valence-corrected chi connectivity index (χ4v) is 6.12. The monoisotopic (exact) mass is 458 g/mol. The predicted molar refractivity (Wildman–Crippen MR) is 126 cm³/mol. The van der Waals surface area contributed by atoms with Crippen molar-refractivity contribution in [2.75, 3.05) is 19.0 Å². The zero-order chi connectivity index (χ0) is 24.3. The van der Waals surface area contributed by atoms with E-state index in [-0.39, 0.29) is 17.4 Å². The Hall–Kier alpha value is -2.35. The second-order valence-electron chi connectivity index (χ2n) is 11.5. The number of ether oxygens (including phenoxy) is 2. The topological polar surface area (TPSA) is 98.0 Å². The van der Waals surface area contributed by atoms with Crippen LogP contribution in [0.4, 0.5) is 10.6 Å². The van der Waals surface area contributed by atoms with Crippen LogP contribution in [0.25, 0.3) is 0 Å². The van der Waals surface area contributed by atoms with Gasteiger partial charge in [0.1, 0.15) is 17.5 Å². The maximum absolute atomic E-state index is 13.7. The number of hydrogen-bond acceptors (Lipinski definition) is 7. The highest BCUT2D eigenvalue weighted by atomic mass is 16.6. The molecule has 8 nitrogen and oxygen atoms in total. The molecule has 1 aromatic heterocycles. The summed E-state index contributed by atoms with van der Waals surface area (Å²) in [6.45, 7) is 9.14. The van der Waals surface area contributed by atoms with Gasteiger partial charge in [0.25, 0.3) is 0 Å². The standard InChI is InChI=1S/C25H38N4O4/c1-14(2)32-23(31)29-19(16-9-8-10-27-21(16)28(6)7)18(26)17(25-11-15(12-25)13-25)20(29)22(30)33-24(3,4)5/h8-10,14-15,17-20H,11-13,26H2,1-7H3/t15?,17-,18-,19-,20-,25?/m0/s1. The molecule has 2 heterocycles. The maximum Gasteiger partial charge on any atom is 0.411 e. The van der Waals surface area contributed by atoms with Crippen LogP contribution in [0.15, 0.2) is 18.3 Å². The number of hydrogen-bond donors (Lipinski definition) is 1. The molecule has 4 aliphatic rings. The number of esters is 1. The summed E-state index contributed by atoms with van der Waals surface area (Å²) in [5.41, 5.74) is 7.11. The summed E-state index contributed by atoms with van der Waals surface area (Å²) in [5, 5.41) is 0. The number of anilines is 1. The SMILES string of the molecule is CC(C)OC(=O)N1[C@H](C(=O)OC(C)(C)C)[C@@H](C23CC(C2)C3)[C@H](N)[C@@H]1c1cccnc1N(C)C. The first-order chi connectivity index (χ1) is 15.3. The molecule has 3 saturated carbocycles. The highest BCUT2D eigenvalue weighted by Crippen LogP contribution is 2.71. The molecule has 3 aliphatic carbocycles. The zero-order valence-electron chi connectivity index (χ0n) is 20.9. The van der Waals surface area contributed by atoms with Gasteiger partial charge in [0.15, 0.2) is 0 Å². The second-order valence-corrected chi connectivity index (χ2v) is 11.5. The van der Waals surface area contributed by atoms with E-state index in [2.05, 4.69) is 4.98 Å². The lowest BCUT2D eigenvalue weighted by Crippen LogP contribution is -2.63. The number of amides is 1. The number of nitrogens with two attached hydrogens (primary N) is 1. The van der Waals surface area contributed by atoms with Gasteiger partial charge in [-0.15, -0.1) is 0 Å². The third-order valence-corrected chi connectivity index (χ3v) is 7.27. The van der Waals surface area contributed by atoms with Crippen LogP contribution in [-0.4, -0.2) is 59.8 Å². The molecule has 4 fully saturated rings. The van der Waals surface area contributed by atoms with Gasteiger partial charge < -0.3 is 20.1 Å². The van der Waals surface area contributed by atoms with E-state index in [1.54, 1.807) is 24.9 Å². The molecule has 33 heavy (non-hydrogen) atoms. The number of carbonyl (C=O) groups is 2. The molecule has 0 unspecified atom stereocenters. The van der Waals surface area contributed by atoms with Crippen LogP contribution in [-0.2, 0) is 14.3 Å². The van der Waals surface area contributed by atoms with Crippen molar-refractivity contribution in [3.05, 3.63) is 23.9 Å². The summed E-state index contributed by atoms with van der Waals surface area (Å²) in [6, 6.07) is 2.01. The van der Waals surface area contributed by atoms with E-state index >= 15 is 0 Å². The largest absolute Gasteiger partial charge is 0.458 e. The van der Waals surface area contributed by atoms with E-state index in [0.29, 0.717) is 5.92 Å². The average Bonchev–Trinajstić information content (AvgIpc) is 2.91. The molecule has 0 aromatic carbocycles. The Kier molecular flexibility index (Phi) is 5.88. The molecule has 1 amide bonds. The van der Waals surface area contributed by atoms with Crippen molar-refractivity contribution < 1.29 is 19.1 Å². The van der Waals surface area contributed by atoms with Gasteiger partial charge in [0.2, 0.25) is 0 Å². The summed E-state index contributed by atoms with van der Waals surface area (Å²) in [5.74, 6) is 0.826. The molecule has 4 atom stereocenters. The van der Waals surface area contributed by atoms with Crippen molar-refractivity contribution in [2.45, 2.75) is 83.7 Å². The highest BCUT2D eigenvalue weighted by Gasteiger charge is 2.69. The number of aromatic nitrogens is 1. The number of pyridine rings is 1. The number of carbonyl (C=O) groups excluding carboxylic acids is 2. The minimum absolute atomic E-state index is 0.0166. The van der Waals surface area contributed by atoms with Crippen LogP contribution in [0, 0.1) is 17.3 Å². The molecule has 1 aromatic rings. The molecular weight excluding hydrogens is 420 g/mol. The quantitative estimate of drug-likeness (QED) is 0.674. The fourth-order valence-electron chi connectivity index (χ4n) is 6.12. The van der Waals surface area contributed by atoms with E-state index in [9.17, 15) is 9.59 Å². The number of likely N-dealkylation sites (tertiary alicyclic amines) is 1. The van der Waals surface area contributed by atoms with E-state index in [0.717, 1.165) is 30.6 Å². The molecule has 2 N–H and O–H groups in total. The maximum atomic E-state index is 13.7. The first-order valence-electron chi connectivity index (χ1n) is 11.9. The van der Waals surface area contributed by atoms with Crippen LogP contribution in [0.3, 0.4) is 0 Å². The van der Waals surface area contributed by atoms with Crippen molar-refractivity contribution in [2.24, 2.45) is 23.0 Å². The Morgan fingerprint density at radius 3 is 2.36 bits per heavy atom. The van der Waals surface area contributed by atoms with Gasteiger partial charge in [-0.1, -0.05) is 6.07 Å². The lowest BCUT2D eigenvalue weighted by atomic mass is 9.39. The fraction of sp³-hybridized carbons (Fsp3) is 0.720. The van der Waals surface area contributed by atoms with Crippen molar-refractivity contribution in [3.63, 3.8) is 0 Å². The minimum atomic E-state index is -0.799. The Balaban J connectivity index is 1.84. The van der Waals surface area contributed by atoms with Gasteiger partial charge >= 0.3 is 12.1 Å². The number of rotatable bonds is 5. The second kappa shape index (κ2) is 8.15. The molecule has 182 valence electrons. The van der Waals surface area contributed by atoms with Crippen LogP contribution in [0.2, 0.25) is 0 Å². The average molecular weight is 459 g/mol. The Morgan fingerprint density at radius 2 is 1.88 bits per heavy atom. The minimum Gasteiger partial charge on any atom is -0.458 e. The molecule has 2 bridgehead atoms. The van der Waals surface area contributed by atoms with Gasteiger partial charge in [-0.2, -0.15) is 0 Å². The Labute approximate surface area is 196 Å². The third kappa shape index (κ3) is 4.07. The van der Waals surface area contributed by atoms with Crippen LogP contribution < -0.4 is 10.6 Å². The lowest BCUT2D eigenvalue weighted by molar-refractivity contribution is -0.183. The van der Waals surface area contributed by atoms with E-state index < -0.39 is 35.8 Å². The molecule has 8 heteroatoms. The van der Waals surface area contributed by atoms with Gasteiger partial charge in [-0.05, 0) is 71.3 Å². The van der Waals surface area contributed by atoms with Gasteiger partial charge in [0, 0.05) is 37.8 Å². The van der Waals surface area contributed by atoms with Crippen molar-refractivity contribution in [1.82, 2.24) is 9.88 Å². The highest BCUT2D eigenvalue weighted by molar-refractivity contribution is 5.84. The molecule has 5 rings (SSSR count). The van der Waals surface area contributed by atoms with Crippen LogP contribution in [0.1, 0.15) is 65.5 Å². The predicted octanol–water partition coefficient (Wildman–Crippen LogP) is 3.50. The van der Waals surface area contributed by atoms with E-state index in [1.165, 1.54) is 0 Å². The third-order valence-electron chi connectivity index (χ3n) is 7.27. The zero-order valence-corrected chi connectivity index (χ0v) is 20.9. The summed E-state index contributed by atoms with van der Waals surface area (Å²) in [4.78, 5) is 35.2. The van der Waals surface area contributed by atoms with Gasteiger partial charge in [-0.25, -0.2) is 14.6 Å². The first kappa shape index (κ1) is 23.8. The molecule has 0 radical (unpaired) electrons. The van der Waals surface area contributed by atoms with Crippen molar-refractivity contribution >= 4 is 17.9 Å². The molecule has 1 saturated heterocycles. The van der Waals surface area contributed by atoms with Crippen LogP contribution in [0.5, 0.6) is 0 Å².